The van der Waals surface area contributed by atoms with E-state index in [9.17, 15) is 4.79 Å². The zero-order valence-electron chi connectivity index (χ0n) is 15.0. The number of hydrogen-bond acceptors (Lipinski definition) is 5. The zero-order chi connectivity index (χ0) is 18.0. The van der Waals surface area contributed by atoms with Crippen molar-refractivity contribution < 1.29 is 4.74 Å². The maximum Gasteiger partial charge on any atom is 0.277 e. The summed E-state index contributed by atoms with van der Waals surface area (Å²) in [7, 11) is 0. The monoisotopic (exact) mass is 341 g/mol. The standard InChI is InChI=1S/C18H23N5O2/c1-5-15-12(4)20-18-21-17(22-23(18)16(15)24)19-10-13-6-8-14(9-7-13)25-11(2)3/h6-9,11H,5,10H2,1-4H3,(H2,19,20,21,22). The lowest BCUT2D eigenvalue weighted by molar-refractivity contribution is 0.242. The van der Waals surface area contributed by atoms with E-state index in [1.165, 1.54) is 4.52 Å². The Hall–Kier alpha value is -2.83. The SMILES string of the molecule is CCc1c(C)nc2nc(NCc3ccc(OC(C)C)cc3)[nH]n2c1=O. The molecule has 0 unspecified atom stereocenters. The predicted molar refractivity (Wildman–Crippen MR) is 97.3 cm³/mol. The van der Waals surface area contributed by atoms with Crippen molar-refractivity contribution in [2.24, 2.45) is 0 Å². The Morgan fingerprint density at radius 1 is 1.24 bits per heavy atom. The van der Waals surface area contributed by atoms with Gasteiger partial charge in [0.2, 0.25) is 5.95 Å². The van der Waals surface area contributed by atoms with Crippen molar-refractivity contribution in [1.29, 1.82) is 0 Å². The lowest BCUT2D eigenvalue weighted by Crippen LogP contribution is -2.21. The molecule has 0 saturated carbocycles. The third-order valence-corrected chi connectivity index (χ3v) is 3.90. The van der Waals surface area contributed by atoms with Gasteiger partial charge in [0.05, 0.1) is 11.8 Å². The Bertz CT molecular complexity index is 925. The Morgan fingerprint density at radius 3 is 2.60 bits per heavy atom. The van der Waals surface area contributed by atoms with Crippen LogP contribution >= 0.6 is 0 Å². The summed E-state index contributed by atoms with van der Waals surface area (Å²) in [5.41, 5.74) is 2.42. The van der Waals surface area contributed by atoms with Crippen LogP contribution in [-0.2, 0) is 13.0 Å². The molecule has 7 nitrogen and oxygen atoms in total. The van der Waals surface area contributed by atoms with Gasteiger partial charge in [-0.3, -0.25) is 9.89 Å². The summed E-state index contributed by atoms with van der Waals surface area (Å²) >= 11 is 0. The second-order valence-electron chi connectivity index (χ2n) is 6.21. The minimum absolute atomic E-state index is 0.0965. The molecule has 0 atom stereocenters. The van der Waals surface area contributed by atoms with E-state index in [1.54, 1.807) is 0 Å². The fourth-order valence-electron chi connectivity index (χ4n) is 2.68. The molecular weight excluding hydrogens is 318 g/mol. The van der Waals surface area contributed by atoms with Gasteiger partial charge in [-0.25, -0.2) is 4.98 Å². The number of rotatable bonds is 6. The molecule has 0 saturated heterocycles. The predicted octanol–water partition coefficient (Wildman–Crippen LogP) is 2.69. The first-order valence-electron chi connectivity index (χ1n) is 8.45. The van der Waals surface area contributed by atoms with Gasteiger partial charge in [0.15, 0.2) is 0 Å². The van der Waals surface area contributed by atoms with E-state index >= 15 is 0 Å². The number of fused-ring (bicyclic) bond motifs is 1. The van der Waals surface area contributed by atoms with Crippen LogP contribution in [0.5, 0.6) is 5.75 Å². The number of aromatic amines is 1. The topological polar surface area (TPSA) is 84.3 Å². The average Bonchev–Trinajstić information content (AvgIpc) is 2.97. The van der Waals surface area contributed by atoms with E-state index in [0.717, 1.165) is 17.0 Å². The first-order chi connectivity index (χ1) is 12.0. The van der Waals surface area contributed by atoms with Gasteiger partial charge in [0.1, 0.15) is 5.75 Å². The van der Waals surface area contributed by atoms with E-state index in [4.69, 9.17) is 4.74 Å². The minimum Gasteiger partial charge on any atom is -0.491 e. The third-order valence-electron chi connectivity index (χ3n) is 3.90. The first kappa shape index (κ1) is 17.0. The van der Waals surface area contributed by atoms with Gasteiger partial charge in [-0.15, -0.1) is 0 Å². The number of hydrogen-bond donors (Lipinski definition) is 2. The van der Waals surface area contributed by atoms with Crippen LogP contribution in [0.2, 0.25) is 0 Å². The highest BCUT2D eigenvalue weighted by Crippen LogP contribution is 2.14. The molecule has 0 radical (unpaired) electrons. The summed E-state index contributed by atoms with van der Waals surface area (Å²) in [5, 5.41) is 6.16. The van der Waals surface area contributed by atoms with E-state index in [1.807, 2.05) is 52.0 Å². The molecule has 2 N–H and O–H groups in total. The maximum atomic E-state index is 12.4. The van der Waals surface area contributed by atoms with Crippen molar-refractivity contribution in [3.63, 3.8) is 0 Å². The van der Waals surface area contributed by atoms with Crippen LogP contribution in [0.4, 0.5) is 5.95 Å². The van der Waals surface area contributed by atoms with Crippen LogP contribution in [0.25, 0.3) is 5.78 Å². The molecule has 3 rings (SSSR count). The number of aryl methyl sites for hydroxylation is 1. The molecule has 3 aromatic rings. The van der Waals surface area contributed by atoms with Crippen molar-refractivity contribution in [1.82, 2.24) is 19.6 Å². The quantitative estimate of drug-likeness (QED) is 0.720. The van der Waals surface area contributed by atoms with E-state index in [-0.39, 0.29) is 11.7 Å². The Morgan fingerprint density at radius 2 is 1.96 bits per heavy atom. The first-order valence-corrected chi connectivity index (χ1v) is 8.45. The highest BCUT2D eigenvalue weighted by Gasteiger charge is 2.11. The summed E-state index contributed by atoms with van der Waals surface area (Å²) in [5.74, 6) is 1.74. The molecule has 0 amide bonds. The molecular formula is C18H23N5O2. The molecule has 0 fully saturated rings. The lowest BCUT2D eigenvalue weighted by atomic mass is 10.2. The van der Waals surface area contributed by atoms with Gasteiger partial charge < -0.3 is 10.1 Å². The summed E-state index contributed by atoms with van der Waals surface area (Å²) in [6.45, 7) is 8.36. The van der Waals surface area contributed by atoms with Crippen LogP contribution < -0.4 is 15.6 Å². The summed E-state index contributed by atoms with van der Waals surface area (Å²) in [4.78, 5) is 21.1. The van der Waals surface area contributed by atoms with Crippen LogP contribution in [0.15, 0.2) is 29.1 Å². The fourth-order valence-corrected chi connectivity index (χ4v) is 2.68. The second-order valence-corrected chi connectivity index (χ2v) is 6.21. The van der Waals surface area contributed by atoms with Crippen LogP contribution in [0.3, 0.4) is 0 Å². The lowest BCUT2D eigenvalue weighted by Gasteiger charge is -2.10. The molecule has 0 bridgehead atoms. The molecule has 7 heteroatoms. The minimum atomic E-state index is -0.0965. The molecule has 2 heterocycles. The van der Waals surface area contributed by atoms with Gasteiger partial charge in [-0.05, 0) is 44.9 Å². The summed E-state index contributed by atoms with van der Waals surface area (Å²) in [6.07, 6.45) is 0.800. The van der Waals surface area contributed by atoms with Crippen molar-refractivity contribution in [3.8, 4) is 5.75 Å². The average molecular weight is 341 g/mol. The zero-order valence-corrected chi connectivity index (χ0v) is 15.0. The van der Waals surface area contributed by atoms with Crippen LogP contribution in [-0.4, -0.2) is 25.7 Å². The number of ether oxygens (including phenoxy) is 1. The van der Waals surface area contributed by atoms with Gasteiger partial charge in [-0.1, -0.05) is 19.1 Å². The van der Waals surface area contributed by atoms with Gasteiger partial charge in [0.25, 0.3) is 11.3 Å². The molecule has 0 aliphatic heterocycles. The second kappa shape index (κ2) is 6.96. The maximum absolute atomic E-state index is 12.4. The smallest absolute Gasteiger partial charge is 0.277 e. The van der Waals surface area contributed by atoms with E-state index in [0.29, 0.717) is 30.3 Å². The Balaban J connectivity index is 1.75. The van der Waals surface area contributed by atoms with Gasteiger partial charge in [0, 0.05) is 12.1 Å². The van der Waals surface area contributed by atoms with E-state index < -0.39 is 0 Å². The third kappa shape index (κ3) is 3.65. The van der Waals surface area contributed by atoms with Crippen molar-refractivity contribution >= 4 is 11.7 Å². The highest BCUT2D eigenvalue weighted by molar-refractivity contribution is 5.40. The number of aromatic nitrogens is 4. The molecule has 2 aromatic heterocycles. The number of nitrogens with zero attached hydrogens (tertiary/aromatic N) is 3. The van der Waals surface area contributed by atoms with Gasteiger partial charge >= 0.3 is 0 Å². The molecule has 25 heavy (non-hydrogen) atoms. The fraction of sp³-hybridized carbons (Fsp3) is 0.389. The molecule has 0 aliphatic carbocycles. The summed E-state index contributed by atoms with van der Waals surface area (Å²) < 4.78 is 7.02. The molecule has 132 valence electrons. The number of H-pyrrole nitrogens is 1. The van der Waals surface area contributed by atoms with Gasteiger partial charge in [-0.2, -0.15) is 9.50 Å². The van der Waals surface area contributed by atoms with Crippen molar-refractivity contribution in [2.75, 3.05) is 5.32 Å². The summed E-state index contributed by atoms with van der Waals surface area (Å²) in [6, 6.07) is 7.88. The van der Waals surface area contributed by atoms with Crippen molar-refractivity contribution in [3.05, 3.63) is 51.4 Å². The van der Waals surface area contributed by atoms with Crippen molar-refractivity contribution in [2.45, 2.75) is 46.8 Å². The Kier molecular flexibility index (Phi) is 4.74. The molecule has 0 spiro atoms. The van der Waals surface area contributed by atoms with E-state index in [2.05, 4.69) is 20.4 Å². The largest absolute Gasteiger partial charge is 0.491 e. The number of nitrogens with one attached hydrogen (secondary N) is 2. The number of benzene rings is 1. The van der Waals surface area contributed by atoms with Crippen LogP contribution in [0.1, 0.15) is 37.6 Å². The highest BCUT2D eigenvalue weighted by atomic mass is 16.5. The molecule has 1 aromatic carbocycles. The van der Waals surface area contributed by atoms with Crippen LogP contribution in [0, 0.1) is 6.92 Å². The normalized spacial score (nSPS) is 11.2. The Labute approximate surface area is 146 Å². The number of anilines is 1. The molecule has 0 aliphatic rings.